The van der Waals surface area contributed by atoms with Crippen LogP contribution in [0.3, 0.4) is 0 Å². The first-order chi connectivity index (χ1) is 10.8. The van der Waals surface area contributed by atoms with Gasteiger partial charge in [0.25, 0.3) is 5.91 Å². The molecule has 0 saturated carbocycles. The van der Waals surface area contributed by atoms with Gasteiger partial charge in [0.05, 0.1) is 4.88 Å². The van der Waals surface area contributed by atoms with Crippen LogP contribution in [0.4, 0.5) is 0 Å². The van der Waals surface area contributed by atoms with Crippen molar-refractivity contribution in [3.8, 4) is 0 Å². The van der Waals surface area contributed by atoms with Crippen LogP contribution in [0.25, 0.3) is 0 Å². The maximum absolute atomic E-state index is 11.8. The smallest absolute Gasteiger partial charge is 0.261 e. The van der Waals surface area contributed by atoms with E-state index in [4.69, 9.17) is 0 Å². The van der Waals surface area contributed by atoms with Gasteiger partial charge in [-0.15, -0.1) is 11.3 Å². The van der Waals surface area contributed by atoms with Crippen molar-refractivity contribution in [3.63, 3.8) is 0 Å². The second kappa shape index (κ2) is 6.91. The molecule has 1 aromatic rings. The lowest BCUT2D eigenvalue weighted by molar-refractivity contribution is -0.0667. The van der Waals surface area contributed by atoms with Crippen LogP contribution in [0.15, 0.2) is 22.5 Å². The lowest BCUT2D eigenvalue weighted by Gasteiger charge is -2.62. The third-order valence-corrected chi connectivity index (χ3v) is 5.89. The van der Waals surface area contributed by atoms with Gasteiger partial charge in [0, 0.05) is 37.6 Å². The van der Waals surface area contributed by atoms with E-state index in [2.05, 4.69) is 48.2 Å². The number of guanidine groups is 1. The first-order valence-electron chi connectivity index (χ1n) is 8.09. The van der Waals surface area contributed by atoms with Gasteiger partial charge in [-0.3, -0.25) is 9.79 Å². The Kier molecular flexibility index (Phi) is 5.34. The summed E-state index contributed by atoms with van der Waals surface area (Å²) in [7, 11) is 1.82. The zero-order valence-electron chi connectivity index (χ0n) is 14.8. The molecule has 1 aliphatic heterocycles. The first kappa shape index (κ1) is 17.8. The Morgan fingerprint density at radius 1 is 1.30 bits per heavy atom. The standard InChI is InChI=1S/C17H28N4OS/c1-16(2)12-21(17(16,3)4)15(18-5)20-10-7-9-19-14(22)13-8-6-11-23-13/h6,8,11H,7,9-10,12H2,1-5H3,(H,18,20)(H,19,22). The number of nitrogens with zero attached hydrogens (tertiary/aromatic N) is 2. The highest BCUT2D eigenvalue weighted by atomic mass is 32.1. The summed E-state index contributed by atoms with van der Waals surface area (Å²) in [6.07, 6.45) is 0.869. The summed E-state index contributed by atoms with van der Waals surface area (Å²) in [6.45, 7) is 11.6. The minimum atomic E-state index is 0.00927. The summed E-state index contributed by atoms with van der Waals surface area (Å²) in [5.74, 6) is 0.953. The molecule has 1 fully saturated rings. The van der Waals surface area contributed by atoms with Crippen LogP contribution in [0, 0.1) is 5.41 Å². The van der Waals surface area contributed by atoms with Gasteiger partial charge >= 0.3 is 0 Å². The summed E-state index contributed by atoms with van der Waals surface area (Å²) >= 11 is 1.46. The van der Waals surface area contributed by atoms with E-state index in [0.717, 1.165) is 30.3 Å². The van der Waals surface area contributed by atoms with Crippen LogP contribution in [-0.4, -0.2) is 49.0 Å². The van der Waals surface area contributed by atoms with Crippen LogP contribution in [0.1, 0.15) is 43.8 Å². The van der Waals surface area contributed by atoms with Crippen LogP contribution >= 0.6 is 11.3 Å². The first-order valence-corrected chi connectivity index (χ1v) is 8.97. The zero-order valence-corrected chi connectivity index (χ0v) is 15.6. The van der Waals surface area contributed by atoms with E-state index in [1.807, 2.05) is 24.6 Å². The molecule has 1 saturated heterocycles. The molecule has 0 unspecified atom stereocenters. The molecule has 0 spiro atoms. The van der Waals surface area contributed by atoms with Gasteiger partial charge in [0.1, 0.15) is 0 Å². The normalized spacial score (nSPS) is 19.2. The van der Waals surface area contributed by atoms with Crippen molar-refractivity contribution >= 4 is 23.2 Å². The summed E-state index contributed by atoms with van der Waals surface area (Å²) < 4.78 is 0. The Balaban J connectivity index is 1.70. The van der Waals surface area contributed by atoms with E-state index >= 15 is 0 Å². The van der Waals surface area contributed by atoms with Crippen molar-refractivity contribution in [2.45, 2.75) is 39.7 Å². The molecule has 0 aromatic carbocycles. The Hall–Kier alpha value is -1.56. The van der Waals surface area contributed by atoms with Crippen molar-refractivity contribution in [3.05, 3.63) is 22.4 Å². The molecule has 128 valence electrons. The van der Waals surface area contributed by atoms with Crippen molar-refractivity contribution in [1.29, 1.82) is 0 Å². The van der Waals surface area contributed by atoms with Gasteiger partial charge in [0.15, 0.2) is 5.96 Å². The molecule has 6 heteroatoms. The van der Waals surface area contributed by atoms with Crippen molar-refractivity contribution in [2.24, 2.45) is 10.4 Å². The quantitative estimate of drug-likeness (QED) is 0.494. The maximum Gasteiger partial charge on any atom is 0.261 e. The van der Waals surface area contributed by atoms with Gasteiger partial charge in [-0.2, -0.15) is 0 Å². The van der Waals surface area contributed by atoms with Gasteiger partial charge in [-0.1, -0.05) is 19.9 Å². The molecule has 1 amide bonds. The van der Waals surface area contributed by atoms with Crippen LogP contribution in [0.2, 0.25) is 0 Å². The molecule has 2 heterocycles. The number of carbonyl (C=O) groups excluding carboxylic acids is 1. The van der Waals surface area contributed by atoms with Gasteiger partial charge in [0.2, 0.25) is 0 Å². The average Bonchev–Trinajstić information content (AvgIpc) is 3.03. The number of nitrogens with one attached hydrogen (secondary N) is 2. The fourth-order valence-corrected chi connectivity index (χ4v) is 3.32. The molecule has 2 rings (SSSR count). The molecule has 0 aliphatic carbocycles. The number of rotatable bonds is 5. The molecule has 2 N–H and O–H groups in total. The number of carbonyl (C=O) groups is 1. The molecule has 23 heavy (non-hydrogen) atoms. The summed E-state index contributed by atoms with van der Waals surface area (Å²) in [6, 6.07) is 3.73. The minimum absolute atomic E-state index is 0.00927. The topological polar surface area (TPSA) is 56.7 Å². The molecule has 1 aliphatic rings. The maximum atomic E-state index is 11.8. The monoisotopic (exact) mass is 336 g/mol. The molecule has 0 bridgehead atoms. The van der Waals surface area contributed by atoms with Crippen LogP contribution in [-0.2, 0) is 0 Å². The van der Waals surface area contributed by atoms with Crippen molar-refractivity contribution in [1.82, 2.24) is 15.5 Å². The third-order valence-electron chi connectivity index (χ3n) is 5.02. The number of likely N-dealkylation sites (tertiary alicyclic amines) is 1. The predicted molar refractivity (Wildman–Crippen MR) is 97.2 cm³/mol. The highest BCUT2D eigenvalue weighted by Crippen LogP contribution is 2.46. The van der Waals surface area contributed by atoms with E-state index < -0.39 is 0 Å². The van der Waals surface area contributed by atoms with Crippen LogP contribution in [0.5, 0.6) is 0 Å². The molecule has 5 nitrogen and oxygen atoms in total. The molecular formula is C17H28N4OS. The second-order valence-electron chi connectivity index (χ2n) is 7.09. The Bertz CT molecular complexity index is 563. The Morgan fingerprint density at radius 2 is 2.00 bits per heavy atom. The fraction of sp³-hybridized carbons (Fsp3) is 0.647. The van der Waals surface area contributed by atoms with Crippen molar-refractivity contribution in [2.75, 3.05) is 26.7 Å². The number of thiophene rings is 1. The summed E-state index contributed by atoms with van der Waals surface area (Å²) in [5.41, 5.74) is 0.390. The largest absolute Gasteiger partial charge is 0.356 e. The van der Waals surface area contributed by atoms with E-state index in [9.17, 15) is 4.79 Å². The zero-order chi connectivity index (χ0) is 17.1. The highest BCUT2D eigenvalue weighted by molar-refractivity contribution is 7.12. The van der Waals surface area contributed by atoms with E-state index in [-0.39, 0.29) is 11.4 Å². The SMILES string of the molecule is CN=C(NCCCNC(=O)c1cccs1)N1CC(C)(C)C1(C)C. The lowest BCUT2D eigenvalue weighted by atomic mass is 9.65. The number of aliphatic imine (C=N–C) groups is 1. The third kappa shape index (κ3) is 3.68. The Morgan fingerprint density at radius 3 is 2.52 bits per heavy atom. The predicted octanol–water partition coefficient (Wildman–Crippen LogP) is 2.56. The van der Waals surface area contributed by atoms with Gasteiger partial charge < -0.3 is 15.5 Å². The van der Waals surface area contributed by atoms with Crippen LogP contribution < -0.4 is 10.6 Å². The van der Waals surface area contributed by atoms with Crippen molar-refractivity contribution < 1.29 is 4.79 Å². The van der Waals surface area contributed by atoms with Gasteiger partial charge in [-0.05, 0) is 31.7 Å². The number of amides is 1. The molecule has 1 aromatic heterocycles. The lowest BCUT2D eigenvalue weighted by Crippen LogP contribution is -2.72. The fourth-order valence-electron chi connectivity index (χ4n) is 2.68. The Labute approximate surface area is 143 Å². The van der Waals surface area contributed by atoms with E-state index in [1.54, 1.807) is 0 Å². The second-order valence-corrected chi connectivity index (χ2v) is 8.04. The minimum Gasteiger partial charge on any atom is -0.356 e. The average molecular weight is 337 g/mol. The number of hydrogen-bond donors (Lipinski definition) is 2. The van der Waals surface area contributed by atoms with Gasteiger partial charge in [-0.25, -0.2) is 0 Å². The van der Waals surface area contributed by atoms with E-state index in [0.29, 0.717) is 12.0 Å². The molecular weight excluding hydrogens is 308 g/mol. The molecule has 0 radical (unpaired) electrons. The number of hydrogen-bond acceptors (Lipinski definition) is 3. The highest BCUT2D eigenvalue weighted by Gasteiger charge is 2.53. The van der Waals surface area contributed by atoms with E-state index in [1.165, 1.54) is 11.3 Å². The summed E-state index contributed by atoms with van der Waals surface area (Å²) in [5, 5.41) is 8.26. The summed E-state index contributed by atoms with van der Waals surface area (Å²) in [4.78, 5) is 19.3. The molecule has 0 atom stereocenters.